The molecule has 10 nitrogen and oxygen atoms in total. The van der Waals surface area contributed by atoms with Crippen LogP contribution in [-0.4, -0.2) is 98.8 Å². The number of unbranched alkanes of at least 4 members (excludes halogenated alkanes) is 14. The first-order valence-electron chi connectivity index (χ1n) is 16.6. The van der Waals surface area contributed by atoms with Gasteiger partial charge in [0, 0.05) is 25.7 Å². The summed E-state index contributed by atoms with van der Waals surface area (Å²) in [5, 5.41) is 59.1. The molecule has 1 fully saturated rings. The Kier molecular flexibility index (Phi) is 21.9. The van der Waals surface area contributed by atoms with Crippen molar-refractivity contribution in [3.8, 4) is 0 Å². The highest BCUT2D eigenvalue weighted by Crippen LogP contribution is 2.31. The van der Waals surface area contributed by atoms with Gasteiger partial charge in [0.2, 0.25) is 0 Å². The molecule has 0 radical (unpaired) electrons. The number of rotatable bonds is 26. The van der Waals surface area contributed by atoms with Crippen LogP contribution < -0.4 is 0 Å². The zero-order chi connectivity index (χ0) is 31.2. The molecule has 0 aromatic carbocycles. The van der Waals surface area contributed by atoms with Gasteiger partial charge in [-0.25, -0.2) is 0 Å². The minimum absolute atomic E-state index is 0.00905. The van der Waals surface area contributed by atoms with Crippen LogP contribution in [0.1, 0.15) is 136 Å². The molecule has 42 heavy (non-hydrogen) atoms. The summed E-state index contributed by atoms with van der Waals surface area (Å²) in [7, 11) is 0. The van der Waals surface area contributed by atoms with Crippen LogP contribution in [0.3, 0.4) is 0 Å². The van der Waals surface area contributed by atoms with Gasteiger partial charge in [0.05, 0.1) is 37.6 Å². The van der Waals surface area contributed by atoms with Crippen LogP contribution in [0.15, 0.2) is 0 Å². The monoisotopic (exact) mass is 606 g/mol. The first-order valence-corrected chi connectivity index (χ1v) is 16.6. The molecule has 0 amide bonds. The van der Waals surface area contributed by atoms with Crippen molar-refractivity contribution in [2.75, 3.05) is 19.8 Å². The van der Waals surface area contributed by atoms with Crippen LogP contribution in [0, 0.1) is 0 Å². The lowest BCUT2D eigenvalue weighted by atomic mass is 9.92. The third kappa shape index (κ3) is 17.4. The lowest BCUT2D eigenvalue weighted by Crippen LogP contribution is -2.53. The molecule has 0 aromatic heterocycles. The van der Waals surface area contributed by atoms with Gasteiger partial charge in [-0.15, -0.1) is 0 Å². The van der Waals surface area contributed by atoms with Crippen LogP contribution in [0.25, 0.3) is 0 Å². The van der Waals surface area contributed by atoms with Gasteiger partial charge in [-0.05, 0) is 13.3 Å². The molecule has 1 aliphatic rings. The van der Waals surface area contributed by atoms with E-state index in [1.54, 1.807) is 6.92 Å². The molecular weight excluding hydrogens is 544 g/mol. The van der Waals surface area contributed by atoms with Gasteiger partial charge in [0.25, 0.3) is 0 Å². The lowest BCUT2D eigenvalue weighted by Gasteiger charge is -2.42. The Bertz CT molecular complexity index is 665. The van der Waals surface area contributed by atoms with Crippen molar-refractivity contribution in [1.82, 2.24) is 0 Å². The standard InChI is InChI=1S/C32H62O10/c1-3-4-5-6-7-8-9-10-11-12-13-14-15-16-17-18-30(39)40-20-19-32(2,22-27(37)28(38)23-33)42-31-26(36)21-25(35)29(24-34)41-31/h25-29,31,33-38H,3-24H2,1-2H3/t25-,26+,27-,28+,29+,31+,32-/m0/s1. The van der Waals surface area contributed by atoms with E-state index < -0.39 is 55.6 Å². The van der Waals surface area contributed by atoms with Crippen molar-refractivity contribution in [3.63, 3.8) is 0 Å². The number of hydrogen-bond donors (Lipinski definition) is 6. The highest BCUT2D eigenvalue weighted by Gasteiger charge is 2.42. The average Bonchev–Trinajstić information content (AvgIpc) is 2.96. The number of carbonyl (C=O) groups is 1. The summed E-state index contributed by atoms with van der Waals surface area (Å²) in [4.78, 5) is 12.3. The molecule has 1 heterocycles. The molecule has 0 aromatic rings. The molecule has 0 aliphatic carbocycles. The molecule has 0 saturated carbocycles. The van der Waals surface area contributed by atoms with Crippen LogP contribution in [0.4, 0.5) is 0 Å². The molecule has 10 heteroatoms. The zero-order valence-electron chi connectivity index (χ0n) is 26.3. The van der Waals surface area contributed by atoms with Gasteiger partial charge in [0.1, 0.15) is 18.3 Å². The van der Waals surface area contributed by atoms with Gasteiger partial charge < -0.3 is 44.8 Å². The smallest absolute Gasteiger partial charge is 0.305 e. The Balaban J connectivity index is 2.27. The number of carbonyl (C=O) groups excluding carboxylic acids is 1. The van der Waals surface area contributed by atoms with E-state index in [9.17, 15) is 35.4 Å². The van der Waals surface area contributed by atoms with Crippen LogP contribution in [-0.2, 0) is 19.0 Å². The Morgan fingerprint density at radius 2 is 1.36 bits per heavy atom. The Morgan fingerprint density at radius 3 is 1.86 bits per heavy atom. The Morgan fingerprint density at radius 1 is 0.833 bits per heavy atom. The summed E-state index contributed by atoms with van der Waals surface area (Å²) in [6.07, 6.45) is 11.9. The normalized spacial score (nSPS) is 23.8. The van der Waals surface area contributed by atoms with Crippen molar-refractivity contribution in [1.29, 1.82) is 0 Å². The summed E-state index contributed by atoms with van der Waals surface area (Å²) in [5.74, 6) is -0.319. The molecular formula is C32H62O10. The van der Waals surface area contributed by atoms with E-state index in [1.165, 1.54) is 77.0 Å². The van der Waals surface area contributed by atoms with Crippen LogP contribution in [0.2, 0.25) is 0 Å². The number of hydrogen-bond acceptors (Lipinski definition) is 10. The van der Waals surface area contributed by atoms with Gasteiger partial charge >= 0.3 is 5.97 Å². The van der Waals surface area contributed by atoms with Crippen molar-refractivity contribution in [2.24, 2.45) is 0 Å². The molecule has 250 valence electrons. The molecule has 0 spiro atoms. The Hall–Kier alpha value is -0.850. The van der Waals surface area contributed by atoms with Gasteiger partial charge in [-0.1, -0.05) is 96.8 Å². The summed E-state index contributed by atoms with van der Waals surface area (Å²) in [5.41, 5.74) is -1.21. The summed E-state index contributed by atoms with van der Waals surface area (Å²) < 4.78 is 16.9. The molecule has 1 aliphatic heterocycles. The zero-order valence-corrected chi connectivity index (χ0v) is 26.3. The minimum atomic E-state index is -1.40. The largest absolute Gasteiger partial charge is 0.466 e. The van der Waals surface area contributed by atoms with Crippen molar-refractivity contribution < 1.29 is 49.6 Å². The fraction of sp³-hybridized carbons (Fsp3) is 0.969. The second-order valence-electron chi connectivity index (χ2n) is 12.4. The fourth-order valence-corrected chi connectivity index (χ4v) is 5.42. The maximum atomic E-state index is 12.3. The second kappa shape index (κ2) is 23.5. The molecule has 6 N–H and O–H groups in total. The fourth-order valence-electron chi connectivity index (χ4n) is 5.42. The number of ether oxygens (including phenoxy) is 3. The summed E-state index contributed by atoms with van der Waals surface area (Å²) in [6.45, 7) is 2.75. The van der Waals surface area contributed by atoms with Crippen molar-refractivity contribution in [3.05, 3.63) is 0 Å². The molecule has 7 atom stereocenters. The first-order chi connectivity index (χ1) is 20.2. The van der Waals surface area contributed by atoms with Gasteiger partial charge in [0.15, 0.2) is 6.29 Å². The van der Waals surface area contributed by atoms with Gasteiger partial charge in [-0.3, -0.25) is 4.79 Å². The predicted molar refractivity (Wildman–Crippen MR) is 161 cm³/mol. The van der Waals surface area contributed by atoms with E-state index in [0.717, 1.165) is 19.3 Å². The van der Waals surface area contributed by atoms with E-state index in [1.807, 2.05) is 0 Å². The summed E-state index contributed by atoms with van der Waals surface area (Å²) in [6, 6.07) is 0. The van der Waals surface area contributed by atoms with Crippen LogP contribution in [0.5, 0.6) is 0 Å². The number of esters is 1. The number of aliphatic hydroxyl groups excluding tert-OH is 6. The van der Waals surface area contributed by atoms with E-state index >= 15 is 0 Å². The molecule has 1 saturated heterocycles. The van der Waals surface area contributed by atoms with E-state index in [4.69, 9.17) is 14.2 Å². The molecule has 1 rings (SSSR count). The molecule has 0 unspecified atom stereocenters. The topological polar surface area (TPSA) is 166 Å². The average molecular weight is 607 g/mol. The van der Waals surface area contributed by atoms with E-state index in [0.29, 0.717) is 6.42 Å². The van der Waals surface area contributed by atoms with Gasteiger partial charge in [-0.2, -0.15) is 0 Å². The predicted octanol–water partition coefficient (Wildman–Crippen LogP) is 3.89. The maximum Gasteiger partial charge on any atom is 0.305 e. The highest BCUT2D eigenvalue weighted by atomic mass is 16.7. The quantitative estimate of drug-likeness (QED) is 0.0628. The van der Waals surface area contributed by atoms with E-state index in [-0.39, 0.29) is 31.8 Å². The highest BCUT2D eigenvalue weighted by molar-refractivity contribution is 5.69. The second-order valence-corrected chi connectivity index (χ2v) is 12.4. The third-order valence-corrected chi connectivity index (χ3v) is 8.27. The molecule has 0 bridgehead atoms. The SMILES string of the molecule is CCCCCCCCCCCCCCCCCC(=O)OCC[C@@](C)(C[C@H](O)[C@H](O)CO)O[C@H]1O[C@H](CO)[C@@H](O)C[C@H]1O. The van der Waals surface area contributed by atoms with Crippen molar-refractivity contribution in [2.45, 2.75) is 178 Å². The van der Waals surface area contributed by atoms with Crippen LogP contribution >= 0.6 is 0 Å². The summed E-state index contributed by atoms with van der Waals surface area (Å²) >= 11 is 0. The lowest BCUT2D eigenvalue weighted by molar-refractivity contribution is -0.306. The first kappa shape index (κ1) is 39.2. The number of aliphatic hydroxyl groups is 6. The third-order valence-electron chi connectivity index (χ3n) is 8.27. The van der Waals surface area contributed by atoms with Crippen molar-refractivity contribution >= 4 is 5.97 Å². The maximum absolute atomic E-state index is 12.3. The minimum Gasteiger partial charge on any atom is -0.466 e. The van der Waals surface area contributed by atoms with E-state index in [2.05, 4.69) is 6.92 Å². The Labute approximate surface area is 253 Å².